The minimum Gasteiger partial charge on any atom is -0.508 e. The zero-order chi connectivity index (χ0) is 12.3. The van der Waals surface area contributed by atoms with E-state index in [0.29, 0.717) is 0 Å². The van der Waals surface area contributed by atoms with E-state index in [4.69, 9.17) is 0 Å². The molecule has 0 saturated heterocycles. The van der Waals surface area contributed by atoms with Gasteiger partial charge in [-0.15, -0.1) is 0 Å². The molecule has 0 aliphatic carbocycles. The van der Waals surface area contributed by atoms with Crippen molar-refractivity contribution < 1.29 is 14.8 Å². The third kappa shape index (κ3) is 2.69. The molecule has 2 N–H and O–H groups in total. The molecule has 0 aliphatic heterocycles. The molecule has 1 aromatic rings. The molecule has 1 rings (SSSR count). The van der Waals surface area contributed by atoms with Crippen molar-refractivity contribution in [3.05, 3.63) is 33.9 Å². The summed E-state index contributed by atoms with van der Waals surface area (Å²) in [5.74, 6) is -0.753. The minimum atomic E-state index is -0.658. The molecule has 0 aromatic heterocycles. The Bertz CT molecular complexity index is 429. The Kier molecular flexibility index (Phi) is 3.44. The van der Waals surface area contributed by atoms with E-state index in [1.54, 1.807) is 13.8 Å². The normalized spacial score (nSPS) is 10.2. The number of nitrogens with zero attached hydrogens (tertiary/aromatic N) is 1. The smallest absolute Gasteiger partial charge is 0.282 e. The van der Waals surface area contributed by atoms with Crippen LogP contribution in [0, 0.1) is 10.1 Å². The molecule has 0 saturated carbocycles. The number of aromatic hydroxyl groups is 1. The molecular formula is C10H12N2O4. The van der Waals surface area contributed by atoms with Crippen LogP contribution < -0.4 is 5.32 Å². The van der Waals surface area contributed by atoms with Crippen molar-refractivity contribution in [1.29, 1.82) is 0 Å². The molecule has 6 heteroatoms. The van der Waals surface area contributed by atoms with Crippen LogP contribution in [-0.2, 0) is 0 Å². The SMILES string of the molecule is CC(C)NC(=O)c1cc(O)ccc1[N+](=O)[O-]. The van der Waals surface area contributed by atoms with E-state index in [0.717, 1.165) is 12.1 Å². The molecule has 0 bridgehead atoms. The average molecular weight is 224 g/mol. The Hall–Kier alpha value is -2.11. The maximum Gasteiger partial charge on any atom is 0.282 e. The predicted molar refractivity (Wildman–Crippen MR) is 57.4 cm³/mol. The molecule has 86 valence electrons. The minimum absolute atomic E-state index is 0.130. The monoisotopic (exact) mass is 224 g/mol. The predicted octanol–water partition coefficient (Wildman–Crippen LogP) is 1.44. The van der Waals surface area contributed by atoms with E-state index in [2.05, 4.69) is 5.32 Å². The van der Waals surface area contributed by atoms with E-state index in [-0.39, 0.29) is 23.0 Å². The Morgan fingerprint density at radius 3 is 2.62 bits per heavy atom. The number of hydrogen-bond acceptors (Lipinski definition) is 4. The lowest BCUT2D eigenvalue weighted by Gasteiger charge is -2.08. The molecule has 0 spiro atoms. The zero-order valence-corrected chi connectivity index (χ0v) is 8.93. The van der Waals surface area contributed by atoms with E-state index in [1.807, 2.05) is 0 Å². The van der Waals surface area contributed by atoms with Crippen LogP contribution in [0.4, 0.5) is 5.69 Å². The van der Waals surface area contributed by atoms with Gasteiger partial charge in [-0.05, 0) is 26.0 Å². The summed E-state index contributed by atoms with van der Waals surface area (Å²) < 4.78 is 0. The van der Waals surface area contributed by atoms with Gasteiger partial charge in [0.05, 0.1) is 4.92 Å². The van der Waals surface area contributed by atoms with Crippen molar-refractivity contribution in [2.45, 2.75) is 19.9 Å². The van der Waals surface area contributed by atoms with Crippen LogP contribution in [0.1, 0.15) is 24.2 Å². The second kappa shape index (κ2) is 4.61. The largest absolute Gasteiger partial charge is 0.508 e. The summed E-state index contributed by atoms with van der Waals surface area (Å²) in [5, 5.41) is 22.4. The Balaban J connectivity index is 3.14. The maximum absolute atomic E-state index is 11.6. The van der Waals surface area contributed by atoms with Gasteiger partial charge >= 0.3 is 0 Å². The van der Waals surface area contributed by atoms with Gasteiger partial charge < -0.3 is 10.4 Å². The molecule has 1 aromatic carbocycles. The first-order chi connectivity index (χ1) is 7.41. The highest BCUT2D eigenvalue weighted by Gasteiger charge is 2.20. The molecular weight excluding hydrogens is 212 g/mol. The molecule has 0 fully saturated rings. The van der Waals surface area contributed by atoms with Gasteiger partial charge in [0.15, 0.2) is 0 Å². The van der Waals surface area contributed by atoms with E-state index < -0.39 is 10.8 Å². The number of phenolic OH excluding ortho intramolecular Hbond substituents is 1. The number of carbonyl (C=O) groups is 1. The Morgan fingerprint density at radius 1 is 1.50 bits per heavy atom. The van der Waals surface area contributed by atoms with Gasteiger partial charge in [0.1, 0.15) is 11.3 Å². The average Bonchev–Trinajstić information content (AvgIpc) is 2.15. The van der Waals surface area contributed by atoms with Gasteiger partial charge in [-0.25, -0.2) is 0 Å². The number of rotatable bonds is 3. The third-order valence-electron chi connectivity index (χ3n) is 1.84. The number of nitro benzene ring substituents is 1. The first-order valence-electron chi connectivity index (χ1n) is 4.70. The fraction of sp³-hybridized carbons (Fsp3) is 0.300. The lowest BCUT2D eigenvalue weighted by Crippen LogP contribution is -2.30. The maximum atomic E-state index is 11.6. The van der Waals surface area contributed by atoms with Crippen molar-refractivity contribution in [3.63, 3.8) is 0 Å². The number of nitrogens with one attached hydrogen (secondary N) is 1. The second-order valence-corrected chi connectivity index (χ2v) is 3.59. The first kappa shape index (κ1) is 12.0. The topological polar surface area (TPSA) is 92.5 Å². The van der Waals surface area contributed by atoms with Gasteiger partial charge in [0.25, 0.3) is 11.6 Å². The molecule has 0 heterocycles. The van der Waals surface area contributed by atoms with Crippen molar-refractivity contribution in [1.82, 2.24) is 5.32 Å². The number of nitro groups is 1. The summed E-state index contributed by atoms with van der Waals surface area (Å²) in [6, 6.07) is 3.22. The lowest BCUT2D eigenvalue weighted by atomic mass is 10.1. The Morgan fingerprint density at radius 2 is 2.12 bits per heavy atom. The molecule has 0 aliphatic rings. The summed E-state index contributed by atoms with van der Waals surface area (Å²) in [5.41, 5.74) is -0.463. The van der Waals surface area contributed by atoms with Crippen LogP contribution >= 0.6 is 0 Å². The molecule has 0 radical (unpaired) electrons. The summed E-state index contributed by atoms with van der Waals surface area (Å²) in [6.07, 6.45) is 0. The first-order valence-corrected chi connectivity index (χ1v) is 4.70. The van der Waals surface area contributed by atoms with E-state index in [9.17, 15) is 20.0 Å². The van der Waals surface area contributed by atoms with Crippen LogP contribution in [0.15, 0.2) is 18.2 Å². The van der Waals surface area contributed by atoms with Gasteiger partial charge in [0.2, 0.25) is 0 Å². The summed E-state index contributed by atoms with van der Waals surface area (Å²) >= 11 is 0. The van der Waals surface area contributed by atoms with E-state index in [1.165, 1.54) is 6.07 Å². The van der Waals surface area contributed by atoms with Crippen LogP contribution in [0.3, 0.4) is 0 Å². The highest BCUT2D eigenvalue weighted by molar-refractivity contribution is 5.98. The highest BCUT2D eigenvalue weighted by atomic mass is 16.6. The Labute approximate surface area is 92.0 Å². The number of benzene rings is 1. The van der Waals surface area contributed by atoms with Crippen LogP contribution in [0.5, 0.6) is 5.75 Å². The van der Waals surface area contributed by atoms with Crippen molar-refractivity contribution >= 4 is 11.6 Å². The number of hydrogen-bond donors (Lipinski definition) is 2. The molecule has 0 atom stereocenters. The van der Waals surface area contributed by atoms with Gasteiger partial charge in [-0.2, -0.15) is 0 Å². The third-order valence-corrected chi connectivity index (χ3v) is 1.84. The molecule has 6 nitrogen and oxygen atoms in total. The van der Waals surface area contributed by atoms with Crippen LogP contribution in [0.25, 0.3) is 0 Å². The standard InChI is InChI=1S/C10H12N2O4/c1-6(2)11-10(14)8-5-7(13)3-4-9(8)12(15)16/h3-6,13H,1-2H3,(H,11,14). The lowest BCUT2D eigenvalue weighted by molar-refractivity contribution is -0.385. The fourth-order valence-corrected chi connectivity index (χ4v) is 1.21. The van der Waals surface area contributed by atoms with Crippen molar-refractivity contribution in [2.24, 2.45) is 0 Å². The zero-order valence-electron chi connectivity index (χ0n) is 8.93. The molecule has 16 heavy (non-hydrogen) atoms. The molecule has 0 unspecified atom stereocenters. The highest BCUT2D eigenvalue weighted by Crippen LogP contribution is 2.23. The number of carbonyl (C=O) groups excluding carboxylic acids is 1. The van der Waals surface area contributed by atoms with E-state index >= 15 is 0 Å². The van der Waals surface area contributed by atoms with Gasteiger partial charge in [-0.3, -0.25) is 14.9 Å². The fourth-order valence-electron chi connectivity index (χ4n) is 1.21. The van der Waals surface area contributed by atoms with Crippen LogP contribution in [0.2, 0.25) is 0 Å². The van der Waals surface area contributed by atoms with Crippen LogP contribution in [-0.4, -0.2) is 22.0 Å². The van der Waals surface area contributed by atoms with Crippen molar-refractivity contribution in [2.75, 3.05) is 0 Å². The summed E-state index contributed by atoms with van der Waals surface area (Å²) in [6.45, 7) is 3.49. The van der Waals surface area contributed by atoms with Gasteiger partial charge in [-0.1, -0.05) is 0 Å². The number of phenols is 1. The number of amides is 1. The van der Waals surface area contributed by atoms with Gasteiger partial charge in [0, 0.05) is 12.1 Å². The summed E-state index contributed by atoms with van der Waals surface area (Å²) in [4.78, 5) is 21.6. The quantitative estimate of drug-likeness (QED) is 0.600. The summed E-state index contributed by atoms with van der Waals surface area (Å²) in [7, 11) is 0. The van der Waals surface area contributed by atoms with Crippen molar-refractivity contribution in [3.8, 4) is 5.75 Å². The molecule has 1 amide bonds. The second-order valence-electron chi connectivity index (χ2n) is 3.59.